The first-order chi connectivity index (χ1) is 14.0. The van der Waals surface area contributed by atoms with Gasteiger partial charge in [0.1, 0.15) is 0 Å². The minimum Gasteiger partial charge on any atom is -0.449 e. The first-order valence-electron chi connectivity index (χ1n) is 9.94. The minimum absolute atomic E-state index is 0.0856. The van der Waals surface area contributed by atoms with Crippen LogP contribution < -0.4 is 5.32 Å². The number of amides is 2. The quantitative estimate of drug-likeness (QED) is 0.817. The van der Waals surface area contributed by atoms with E-state index >= 15 is 0 Å². The smallest absolute Gasteiger partial charge is 0.339 e. The molecule has 5 rings (SSSR count). The Balaban J connectivity index is 1.38. The van der Waals surface area contributed by atoms with E-state index in [9.17, 15) is 14.4 Å². The van der Waals surface area contributed by atoms with E-state index in [1.807, 2.05) is 35.2 Å². The van der Waals surface area contributed by atoms with E-state index in [0.717, 1.165) is 24.0 Å². The van der Waals surface area contributed by atoms with Crippen LogP contribution in [0.5, 0.6) is 0 Å². The van der Waals surface area contributed by atoms with Crippen LogP contribution in [0, 0.1) is 0 Å². The molecular weight excluding hydrogens is 368 g/mol. The van der Waals surface area contributed by atoms with Crippen molar-refractivity contribution >= 4 is 17.8 Å². The molecule has 2 fully saturated rings. The van der Waals surface area contributed by atoms with Crippen LogP contribution in [0.2, 0.25) is 0 Å². The molecule has 1 unspecified atom stereocenters. The van der Waals surface area contributed by atoms with E-state index in [2.05, 4.69) is 5.32 Å². The summed E-state index contributed by atoms with van der Waals surface area (Å²) in [5.74, 6) is -0.362. The van der Waals surface area contributed by atoms with Crippen molar-refractivity contribution in [3.05, 3.63) is 70.8 Å². The number of esters is 1. The molecule has 1 atom stereocenters. The lowest BCUT2D eigenvalue weighted by Crippen LogP contribution is -2.40. The largest absolute Gasteiger partial charge is 0.449 e. The first-order valence-corrected chi connectivity index (χ1v) is 9.94. The van der Waals surface area contributed by atoms with Crippen LogP contribution in [0.3, 0.4) is 0 Å². The maximum Gasteiger partial charge on any atom is 0.339 e. The van der Waals surface area contributed by atoms with Gasteiger partial charge in [-0.3, -0.25) is 9.59 Å². The highest BCUT2D eigenvalue weighted by Gasteiger charge is 2.57. The molecular formula is C23H22N2O4. The van der Waals surface area contributed by atoms with Gasteiger partial charge in [-0.25, -0.2) is 4.79 Å². The van der Waals surface area contributed by atoms with Gasteiger partial charge < -0.3 is 15.0 Å². The molecule has 1 saturated carbocycles. The number of nitrogens with one attached hydrogen (secondary N) is 1. The van der Waals surface area contributed by atoms with Crippen molar-refractivity contribution < 1.29 is 19.1 Å². The molecule has 0 aromatic heterocycles. The second-order valence-corrected chi connectivity index (χ2v) is 8.14. The first kappa shape index (κ1) is 17.9. The Kier molecular flexibility index (Phi) is 3.81. The van der Waals surface area contributed by atoms with E-state index in [4.69, 9.17) is 4.74 Å². The van der Waals surface area contributed by atoms with Gasteiger partial charge in [-0.2, -0.15) is 0 Å². The van der Waals surface area contributed by atoms with Crippen molar-refractivity contribution in [1.29, 1.82) is 0 Å². The number of fused-ring (bicyclic) bond motifs is 2. The highest BCUT2D eigenvalue weighted by molar-refractivity contribution is 5.96. The lowest BCUT2D eigenvalue weighted by atomic mass is 9.91. The highest BCUT2D eigenvalue weighted by atomic mass is 16.6. The van der Waals surface area contributed by atoms with E-state index in [1.54, 1.807) is 25.2 Å². The normalized spacial score (nSPS) is 23.6. The number of hydrogen-bond acceptors (Lipinski definition) is 4. The summed E-state index contributed by atoms with van der Waals surface area (Å²) in [6, 6.07) is 14.7. The van der Waals surface area contributed by atoms with Crippen LogP contribution in [0.25, 0.3) is 0 Å². The highest BCUT2D eigenvalue weighted by Crippen LogP contribution is 2.52. The maximum absolute atomic E-state index is 13.4. The molecule has 1 spiro atoms. The molecule has 1 aliphatic carbocycles. The Morgan fingerprint density at radius 1 is 1.03 bits per heavy atom. The van der Waals surface area contributed by atoms with Gasteiger partial charge in [0.2, 0.25) is 5.91 Å². The van der Waals surface area contributed by atoms with Gasteiger partial charge in [0, 0.05) is 31.1 Å². The summed E-state index contributed by atoms with van der Waals surface area (Å²) in [7, 11) is 1.60. The Hall–Kier alpha value is -3.15. The lowest BCUT2D eigenvalue weighted by Gasteiger charge is -2.27. The number of nitrogens with zero attached hydrogens (tertiary/aromatic N) is 1. The molecule has 0 bridgehead atoms. The van der Waals surface area contributed by atoms with Gasteiger partial charge in [0.15, 0.2) is 5.60 Å². The topological polar surface area (TPSA) is 75.7 Å². The van der Waals surface area contributed by atoms with E-state index in [0.29, 0.717) is 30.6 Å². The van der Waals surface area contributed by atoms with Gasteiger partial charge in [-0.15, -0.1) is 0 Å². The number of rotatable bonds is 3. The van der Waals surface area contributed by atoms with E-state index in [1.165, 1.54) is 0 Å². The fourth-order valence-electron chi connectivity index (χ4n) is 4.74. The number of benzene rings is 2. The van der Waals surface area contributed by atoms with Crippen LogP contribution >= 0.6 is 0 Å². The molecule has 3 aliphatic rings. The summed E-state index contributed by atoms with van der Waals surface area (Å²) in [6.07, 6.45) is 2.21. The van der Waals surface area contributed by atoms with Crippen molar-refractivity contribution in [2.45, 2.75) is 30.3 Å². The number of carbonyl (C=O) groups excluding carboxylic acids is 3. The maximum atomic E-state index is 13.4. The molecule has 6 nitrogen and oxygen atoms in total. The van der Waals surface area contributed by atoms with Gasteiger partial charge in [0.25, 0.3) is 5.91 Å². The summed E-state index contributed by atoms with van der Waals surface area (Å²) < 4.78 is 5.78. The van der Waals surface area contributed by atoms with E-state index < -0.39 is 11.0 Å². The average molecular weight is 390 g/mol. The molecule has 2 aromatic rings. The fraction of sp³-hybridized carbons (Fsp3) is 0.348. The second-order valence-electron chi connectivity index (χ2n) is 8.14. The van der Waals surface area contributed by atoms with Crippen LogP contribution in [-0.4, -0.2) is 42.8 Å². The lowest BCUT2D eigenvalue weighted by molar-refractivity contribution is -0.134. The van der Waals surface area contributed by atoms with Crippen molar-refractivity contribution in [3.8, 4) is 0 Å². The van der Waals surface area contributed by atoms with Crippen LogP contribution in [0.1, 0.15) is 51.1 Å². The number of ether oxygens (including phenoxy) is 1. The molecule has 148 valence electrons. The Bertz CT molecular complexity index is 1030. The third kappa shape index (κ3) is 2.58. The van der Waals surface area contributed by atoms with Crippen LogP contribution in [0.4, 0.5) is 0 Å². The van der Waals surface area contributed by atoms with Crippen molar-refractivity contribution in [3.63, 3.8) is 0 Å². The summed E-state index contributed by atoms with van der Waals surface area (Å²) in [6.45, 7) is 0.963. The zero-order chi connectivity index (χ0) is 20.2. The van der Waals surface area contributed by atoms with Crippen molar-refractivity contribution in [2.24, 2.45) is 0 Å². The third-order valence-electron chi connectivity index (χ3n) is 6.53. The van der Waals surface area contributed by atoms with Crippen LogP contribution in [-0.2, 0) is 20.5 Å². The number of carbonyl (C=O) groups is 3. The molecule has 29 heavy (non-hydrogen) atoms. The average Bonchev–Trinajstić information content (AvgIpc) is 3.39. The molecule has 6 heteroatoms. The number of hydrogen-bond donors (Lipinski definition) is 1. The Labute approximate surface area is 168 Å². The molecule has 2 aromatic carbocycles. The van der Waals surface area contributed by atoms with Gasteiger partial charge in [-0.05, 0) is 36.6 Å². The Morgan fingerprint density at radius 2 is 1.76 bits per heavy atom. The SMILES string of the molecule is CNC(=O)c1ccc(C2(C(=O)N3CCC4(C3)OC(=O)c3ccccc34)CC2)cc1. The zero-order valence-corrected chi connectivity index (χ0v) is 16.2. The Morgan fingerprint density at radius 3 is 2.45 bits per heavy atom. The van der Waals surface area contributed by atoms with E-state index in [-0.39, 0.29) is 17.8 Å². The molecule has 2 amide bonds. The second kappa shape index (κ2) is 6.17. The predicted molar refractivity (Wildman–Crippen MR) is 105 cm³/mol. The zero-order valence-electron chi connectivity index (χ0n) is 16.2. The van der Waals surface area contributed by atoms with Gasteiger partial charge >= 0.3 is 5.97 Å². The molecule has 1 N–H and O–H groups in total. The fourth-order valence-corrected chi connectivity index (χ4v) is 4.74. The third-order valence-corrected chi connectivity index (χ3v) is 6.53. The van der Waals surface area contributed by atoms with Gasteiger partial charge in [-0.1, -0.05) is 30.3 Å². The summed E-state index contributed by atoms with van der Waals surface area (Å²) in [5.41, 5.74) is 1.78. The number of likely N-dealkylation sites (tertiary alicyclic amines) is 1. The van der Waals surface area contributed by atoms with Crippen molar-refractivity contribution in [2.75, 3.05) is 20.1 Å². The summed E-state index contributed by atoms with van der Waals surface area (Å²) in [4.78, 5) is 39.4. The van der Waals surface area contributed by atoms with Crippen molar-refractivity contribution in [1.82, 2.24) is 10.2 Å². The minimum atomic E-state index is -0.720. The molecule has 2 heterocycles. The molecule has 2 aliphatic heterocycles. The predicted octanol–water partition coefficient (Wildman–Crippen LogP) is 2.38. The summed E-state index contributed by atoms with van der Waals surface area (Å²) >= 11 is 0. The monoisotopic (exact) mass is 390 g/mol. The molecule has 0 radical (unpaired) electrons. The standard InChI is InChI=1S/C23H22N2O4/c1-24-19(26)15-6-8-16(9-7-15)22(10-11-22)21(28)25-13-12-23(14-25)18-5-3-2-4-17(18)20(27)29-23/h2-9H,10-14H2,1H3,(H,24,26). The van der Waals surface area contributed by atoms with Gasteiger partial charge in [0.05, 0.1) is 17.5 Å². The summed E-state index contributed by atoms with van der Waals surface area (Å²) in [5, 5.41) is 2.61. The molecule has 1 saturated heterocycles. The van der Waals surface area contributed by atoms with Crippen LogP contribution in [0.15, 0.2) is 48.5 Å².